The first-order valence-corrected chi connectivity index (χ1v) is 10.8. The molecule has 33 heavy (non-hydrogen) atoms. The molecular formula is C22H15Cl3N4O4. The van der Waals surface area contributed by atoms with Gasteiger partial charge in [0.25, 0.3) is 5.69 Å². The molecule has 4 aromatic rings. The van der Waals surface area contributed by atoms with Crippen molar-refractivity contribution in [2.75, 3.05) is 6.61 Å². The molecular weight excluding hydrogens is 491 g/mol. The van der Waals surface area contributed by atoms with Crippen molar-refractivity contribution in [1.29, 1.82) is 0 Å². The number of hydrogen-bond acceptors (Lipinski definition) is 6. The number of fused-ring (bicyclic) bond motifs is 1. The summed E-state index contributed by atoms with van der Waals surface area (Å²) in [4.78, 5) is 28.0. The predicted molar refractivity (Wildman–Crippen MR) is 127 cm³/mol. The molecule has 0 spiro atoms. The highest BCUT2D eigenvalue weighted by Gasteiger charge is 2.24. The molecule has 0 fully saturated rings. The molecule has 0 saturated carbocycles. The fraction of sp³-hybridized carbons (Fsp3) is 0.136. The second-order valence-corrected chi connectivity index (χ2v) is 8.24. The Balaban J connectivity index is 2.03. The van der Waals surface area contributed by atoms with Gasteiger partial charge in [0.1, 0.15) is 5.69 Å². The number of hydrogen-bond donors (Lipinski definition) is 0. The summed E-state index contributed by atoms with van der Waals surface area (Å²) < 4.78 is 6.70. The number of benzene rings is 2. The van der Waals surface area contributed by atoms with Gasteiger partial charge in [-0.05, 0) is 44.2 Å². The summed E-state index contributed by atoms with van der Waals surface area (Å²) in [7, 11) is 0. The Labute approximate surface area is 202 Å². The first-order chi connectivity index (χ1) is 15.7. The predicted octanol–water partition coefficient (Wildman–Crippen LogP) is 6.44. The zero-order chi connectivity index (χ0) is 23.9. The molecule has 0 atom stereocenters. The highest BCUT2D eigenvalue weighted by atomic mass is 35.5. The maximum absolute atomic E-state index is 12.8. The minimum absolute atomic E-state index is 0.0638. The number of aryl methyl sites for hydroxylation is 1. The molecule has 0 amide bonds. The molecule has 2 aromatic heterocycles. The van der Waals surface area contributed by atoms with Gasteiger partial charge >= 0.3 is 5.97 Å². The molecule has 0 N–H and O–H groups in total. The molecule has 0 aliphatic carbocycles. The van der Waals surface area contributed by atoms with E-state index in [0.29, 0.717) is 38.7 Å². The Hall–Kier alpha value is -3.20. The molecule has 2 aromatic carbocycles. The van der Waals surface area contributed by atoms with Crippen LogP contribution in [0.2, 0.25) is 15.1 Å². The summed E-state index contributed by atoms with van der Waals surface area (Å²) in [6.07, 6.45) is 0. The molecule has 168 valence electrons. The van der Waals surface area contributed by atoms with E-state index in [4.69, 9.17) is 44.5 Å². The summed E-state index contributed by atoms with van der Waals surface area (Å²) in [5.74, 6) is -0.552. The maximum atomic E-state index is 12.8. The van der Waals surface area contributed by atoms with Gasteiger partial charge in [-0.25, -0.2) is 14.5 Å². The number of carbonyl (C=O) groups is 1. The lowest BCUT2D eigenvalue weighted by atomic mass is 10.1. The van der Waals surface area contributed by atoms with Crippen molar-refractivity contribution in [3.05, 3.63) is 78.9 Å². The Morgan fingerprint density at radius 1 is 1.12 bits per heavy atom. The van der Waals surface area contributed by atoms with Crippen LogP contribution >= 0.6 is 34.8 Å². The highest BCUT2D eigenvalue weighted by Crippen LogP contribution is 2.36. The fourth-order valence-corrected chi connectivity index (χ4v) is 4.43. The number of nitro benzene ring substituents is 1. The normalized spacial score (nSPS) is 11.1. The first kappa shape index (κ1) is 23.0. The molecule has 0 radical (unpaired) electrons. The number of pyridine rings is 1. The summed E-state index contributed by atoms with van der Waals surface area (Å²) in [5.41, 5.74) is 2.32. The van der Waals surface area contributed by atoms with E-state index in [-0.39, 0.29) is 27.9 Å². The van der Waals surface area contributed by atoms with E-state index in [1.54, 1.807) is 32.0 Å². The van der Waals surface area contributed by atoms with E-state index in [1.165, 1.54) is 28.9 Å². The van der Waals surface area contributed by atoms with Crippen LogP contribution in [0, 0.1) is 17.0 Å². The number of ether oxygens (including phenoxy) is 1. The fourth-order valence-electron chi connectivity index (χ4n) is 3.45. The number of carbonyl (C=O) groups excluding carboxylic acids is 1. The summed E-state index contributed by atoms with van der Waals surface area (Å²) in [6, 6.07) is 10.5. The van der Waals surface area contributed by atoms with Gasteiger partial charge in [0, 0.05) is 22.7 Å². The number of nitrogens with zero attached hydrogens (tertiary/aromatic N) is 4. The maximum Gasteiger partial charge on any atom is 0.339 e. The monoisotopic (exact) mass is 504 g/mol. The van der Waals surface area contributed by atoms with Crippen LogP contribution in [0.3, 0.4) is 0 Å². The van der Waals surface area contributed by atoms with Gasteiger partial charge in [-0.1, -0.05) is 34.8 Å². The molecule has 0 bridgehead atoms. The van der Waals surface area contributed by atoms with Gasteiger partial charge in [0.05, 0.1) is 43.9 Å². The third kappa shape index (κ3) is 4.25. The van der Waals surface area contributed by atoms with Gasteiger partial charge in [0.2, 0.25) is 0 Å². The van der Waals surface area contributed by atoms with Crippen LogP contribution < -0.4 is 0 Å². The van der Waals surface area contributed by atoms with Crippen molar-refractivity contribution in [3.63, 3.8) is 0 Å². The zero-order valence-electron chi connectivity index (χ0n) is 17.3. The summed E-state index contributed by atoms with van der Waals surface area (Å²) in [5, 5.41) is 16.9. The lowest BCUT2D eigenvalue weighted by molar-refractivity contribution is -0.384. The van der Waals surface area contributed by atoms with E-state index >= 15 is 0 Å². The number of halogens is 3. The van der Waals surface area contributed by atoms with Crippen LogP contribution in [-0.2, 0) is 4.74 Å². The number of aromatic nitrogens is 3. The first-order valence-electron chi connectivity index (χ1n) is 9.68. The van der Waals surface area contributed by atoms with Gasteiger partial charge in [0.15, 0.2) is 5.65 Å². The second-order valence-electron chi connectivity index (χ2n) is 6.99. The molecule has 0 aliphatic heterocycles. The summed E-state index contributed by atoms with van der Waals surface area (Å²) >= 11 is 18.9. The number of esters is 1. The molecule has 2 heterocycles. The zero-order valence-corrected chi connectivity index (χ0v) is 19.6. The highest BCUT2D eigenvalue weighted by molar-refractivity contribution is 6.40. The molecule has 0 saturated heterocycles. The average molecular weight is 506 g/mol. The lowest BCUT2D eigenvalue weighted by Crippen LogP contribution is -2.07. The smallest absolute Gasteiger partial charge is 0.339 e. The largest absolute Gasteiger partial charge is 0.462 e. The van der Waals surface area contributed by atoms with Crippen molar-refractivity contribution in [1.82, 2.24) is 14.8 Å². The van der Waals surface area contributed by atoms with E-state index in [9.17, 15) is 14.9 Å². The number of nitro groups is 1. The van der Waals surface area contributed by atoms with E-state index in [2.05, 4.69) is 5.10 Å². The standard InChI is InChI=1S/C22H15Cl3N4O4/c1-3-33-22(30)15-10-18(12-4-6-14(7-5-12)29(31)32)26-21-19(15)11(2)27-28(21)20-16(24)8-13(23)9-17(20)25/h4-10H,3H2,1-2H3. The average Bonchev–Trinajstić information content (AvgIpc) is 3.08. The van der Waals surface area contributed by atoms with Gasteiger partial charge in [-0.15, -0.1) is 0 Å². The topological polar surface area (TPSA) is 100 Å². The van der Waals surface area contributed by atoms with Gasteiger partial charge < -0.3 is 4.74 Å². The molecule has 0 unspecified atom stereocenters. The van der Waals surface area contributed by atoms with Crippen molar-refractivity contribution in [2.45, 2.75) is 13.8 Å². The van der Waals surface area contributed by atoms with Crippen molar-refractivity contribution in [2.24, 2.45) is 0 Å². The molecule has 0 aliphatic rings. The quantitative estimate of drug-likeness (QED) is 0.176. The Morgan fingerprint density at radius 2 is 1.76 bits per heavy atom. The molecule has 4 rings (SSSR count). The second kappa shape index (κ2) is 8.97. The number of rotatable bonds is 5. The third-order valence-electron chi connectivity index (χ3n) is 4.88. The van der Waals surface area contributed by atoms with Crippen molar-refractivity contribution < 1.29 is 14.5 Å². The molecule has 11 heteroatoms. The van der Waals surface area contributed by atoms with Crippen LogP contribution in [-0.4, -0.2) is 32.3 Å². The van der Waals surface area contributed by atoms with E-state index in [0.717, 1.165) is 0 Å². The number of non-ortho nitro benzene ring substituents is 1. The van der Waals surface area contributed by atoms with Crippen LogP contribution in [0.25, 0.3) is 28.0 Å². The van der Waals surface area contributed by atoms with Crippen molar-refractivity contribution >= 4 is 57.5 Å². The van der Waals surface area contributed by atoms with E-state index < -0.39 is 10.9 Å². The van der Waals surface area contributed by atoms with Gasteiger partial charge in [-0.2, -0.15) is 5.10 Å². The van der Waals surface area contributed by atoms with E-state index in [1.807, 2.05) is 0 Å². The van der Waals surface area contributed by atoms with Gasteiger partial charge in [-0.3, -0.25) is 10.1 Å². The molecule has 8 nitrogen and oxygen atoms in total. The van der Waals surface area contributed by atoms with Crippen LogP contribution in [0.4, 0.5) is 5.69 Å². The Bertz CT molecular complexity index is 1390. The minimum atomic E-state index is -0.552. The summed E-state index contributed by atoms with van der Waals surface area (Å²) in [6.45, 7) is 3.61. The SMILES string of the molecule is CCOC(=O)c1cc(-c2ccc([N+](=O)[O-])cc2)nc2c1c(C)nn2-c1c(Cl)cc(Cl)cc1Cl. The lowest BCUT2D eigenvalue weighted by Gasteiger charge is -2.11. The Morgan fingerprint density at radius 3 is 2.33 bits per heavy atom. The van der Waals surface area contributed by atoms with Crippen molar-refractivity contribution in [3.8, 4) is 16.9 Å². The third-order valence-corrected chi connectivity index (χ3v) is 5.67. The van der Waals surface area contributed by atoms with Crippen LogP contribution in [0.5, 0.6) is 0 Å². The van der Waals surface area contributed by atoms with Crippen LogP contribution in [0.1, 0.15) is 23.0 Å². The Kier molecular flexibility index (Phi) is 6.25. The minimum Gasteiger partial charge on any atom is -0.462 e. The van der Waals surface area contributed by atoms with Crippen LogP contribution in [0.15, 0.2) is 42.5 Å².